The topological polar surface area (TPSA) is 41.5 Å². The highest BCUT2D eigenvalue weighted by Crippen LogP contribution is 2.34. The molecule has 0 unspecified atom stereocenters. The number of aliphatic hydroxyl groups is 1. The van der Waals surface area contributed by atoms with Gasteiger partial charge in [-0.2, -0.15) is 0 Å². The molecule has 0 saturated heterocycles. The summed E-state index contributed by atoms with van der Waals surface area (Å²) in [4.78, 5) is 0. The standard InChI is InChI=1S/C13H19Br2NO2/c1-3-10(8-17)16-7-9-5-11(14)13(18-4-2)12(15)6-9/h5-6,10,16-17H,3-4,7-8H2,1-2H3/t10-/m0/s1. The molecule has 1 atom stereocenters. The first-order chi connectivity index (χ1) is 8.62. The third-order valence-electron chi connectivity index (χ3n) is 2.65. The van der Waals surface area contributed by atoms with Crippen LogP contribution in [0.25, 0.3) is 0 Å². The Balaban J connectivity index is 2.73. The lowest BCUT2D eigenvalue weighted by Gasteiger charge is -2.15. The summed E-state index contributed by atoms with van der Waals surface area (Å²) >= 11 is 7.02. The molecule has 0 amide bonds. The molecular weight excluding hydrogens is 362 g/mol. The molecule has 0 aromatic heterocycles. The van der Waals surface area contributed by atoms with E-state index in [1.165, 1.54) is 0 Å². The Morgan fingerprint density at radius 3 is 2.33 bits per heavy atom. The SMILES string of the molecule is CCOc1c(Br)cc(CN[C@@H](CC)CO)cc1Br. The minimum absolute atomic E-state index is 0.147. The summed E-state index contributed by atoms with van der Waals surface area (Å²) in [5.41, 5.74) is 1.14. The second kappa shape index (κ2) is 8.15. The third kappa shape index (κ3) is 4.53. The van der Waals surface area contributed by atoms with Crippen molar-refractivity contribution in [3.63, 3.8) is 0 Å². The number of aliphatic hydroxyl groups excluding tert-OH is 1. The minimum Gasteiger partial charge on any atom is -0.492 e. The number of benzene rings is 1. The number of hydrogen-bond donors (Lipinski definition) is 2. The average molecular weight is 381 g/mol. The number of nitrogens with one attached hydrogen (secondary N) is 1. The molecule has 0 bridgehead atoms. The summed E-state index contributed by atoms with van der Waals surface area (Å²) in [7, 11) is 0. The van der Waals surface area contributed by atoms with Crippen LogP contribution in [0.15, 0.2) is 21.1 Å². The molecule has 102 valence electrons. The molecule has 0 aliphatic carbocycles. The maximum atomic E-state index is 9.13. The van der Waals surface area contributed by atoms with Crippen LogP contribution in [0.3, 0.4) is 0 Å². The Morgan fingerprint density at radius 2 is 1.89 bits per heavy atom. The fourth-order valence-corrected chi connectivity index (χ4v) is 3.11. The number of halogens is 2. The zero-order chi connectivity index (χ0) is 13.5. The molecule has 1 aromatic carbocycles. The van der Waals surface area contributed by atoms with Crippen molar-refractivity contribution in [1.29, 1.82) is 0 Å². The number of ether oxygens (including phenoxy) is 1. The monoisotopic (exact) mass is 379 g/mol. The summed E-state index contributed by atoms with van der Waals surface area (Å²) in [5.74, 6) is 0.829. The molecule has 18 heavy (non-hydrogen) atoms. The van der Waals surface area contributed by atoms with Gasteiger partial charge in [-0.15, -0.1) is 0 Å². The highest BCUT2D eigenvalue weighted by Gasteiger charge is 2.09. The first-order valence-electron chi connectivity index (χ1n) is 6.07. The average Bonchev–Trinajstić information content (AvgIpc) is 2.35. The summed E-state index contributed by atoms with van der Waals surface area (Å²) in [5, 5.41) is 12.4. The van der Waals surface area contributed by atoms with Crippen molar-refractivity contribution >= 4 is 31.9 Å². The molecule has 0 fully saturated rings. The van der Waals surface area contributed by atoms with E-state index in [1.54, 1.807) is 0 Å². The quantitative estimate of drug-likeness (QED) is 0.760. The fourth-order valence-electron chi connectivity index (χ4n) is 1.60. The molecular formula is C13H19Br2NO2. The third-order valence-corrected chi connectivity index (χ3v) is 3.83. The van der Waals surface area contributed by atoms with Crippen molar-refractivity contribution in [3.8, 4) is 5.75 Å². The zero-order valence-corrected chi connectivity index (χ0v) is 13.8. The lowest BCUT2D eigenvalue weighted by Crippen LogP contribution is -2.31. The van der Waals surface area contributed by atoms with Gasteiger partial charge in [-0.25, -0.2) is 0 Å². The molecule has 0 spiro atoms. The normalized spacial score (nSPS) is 12.5. The molecule has 5 heteroatoms. The van der Waals surface area contributed by atoms with E-state index in [0.29, 0.717) is 6.61 Å². The van der Waals surface area contributed by atoms with Gasteiger partial charge in [0, 0.05) is 12.6 Å². The Bertz CT molecular complexity index is 358. The highest BCUT2D eigenvalue weighted by atomic mass is 79.9. The lowest BCUT2D eigenvalue weighted by atomic mass is 10.2. The van der Waals surface area contributed by atoms with Crippen LogP contribution in [0.1, 0.15) is 25.8 Å². The zero-order valence-electron chi connectivity index (χ0n) is 10.7. The van der Waals surface area contributed by atoms with Crippen molar-refractivity contribution in [2.45, 2.75) is 32.9 Å². The van der Waals surface area contributed by atoms with Crippen LogP contribution in [-0.4, -0.2) is 24.4 Å². The maximum Gasteiger partial charge on any atom is 0.147 e. The predicted octanol–water partition coefficient (Wildman–Crippen LogP) is 3.47. The van der Waals surface area contributed by atoms with Crippen LogP contribution in [0, 0.1) is 0 Å². The van der Waals surface area contributed by atoms with Crippen LogP contribution >= 0.6 is 31.9 Å². The van der Waals surface area contributed by atoms with Crippen LogP contribution in [0.4, 0.5) is 0 Å². The Kier molecular flexibility index (Phi) is 7.22. The van der Waals surface area contributed by atoms with Gasteiger partial charge in [0.2, 0.25) is 0 Å². The summed E-state index contributed by atoms with van der Waals surface area (Å²) in [6, 6.07) is 4.22. The molecule has 2 N–H and O–H groups in total. The van der Waals surface area contributed by atoms with Gasteiger partial charge in [-0.05, 0) is 62.9 Å². The largest absolute Gasteiger partial charge is 0.492 e. The smallest absolute Gasteiger partial charge is 0.147 e. The van der Waals surface area contributed by atoms with Gasteiger partial charge in [0.25, 0.3) is 0 Å². The van der Waals surface area contributed by atoms with E-state index >= 15 is 0 Å². The first-order valence-corrected chi connectivity index (χ1v) is 7.65. The number of rotatable bonds is 7. The predicted molar refractivity (Wildman–Crippen MR) is 81.0 cm³/mol. The van der Waals surface area contributed by atoms with E-state index in [-0.39, 0.29) is 12.6 Å². The molecule has 1 rings (SSSR count). The maximum absolute atomic E-state index is 9.13. The van der Waals surface area contributed by atoms with Gasteiger partial charge in [0.05, 0.1) is 22.2 Å². The molecule has 0 aliphatic heterocycles. The van der Waals surface area contributed by atoms with Crippen LogP contribution in [0.5, 0.6) is 5.75 Å². The Labute approximate surface area is 125 Å². The fraction of sp³-hybridized carbons (Fsp3) is 0.538. The van der Waals surface area contributed by atoms with Crippen molar-refractivity contribution in [1.82, 2.24) is 5.32 Å². The lowest BCUT2D eigenvalue weighted by molar-refractivity contribution is 0.238. The molecule has 0 saturated carbocycles. The van der Waals surface area contributed by atoms with Crippen molar-refractivity contribution < 1.29 is 9.84 Å². The van der Waals surface area contributed by atoms with Gasteiger partial charge in [0.15, 0.2) is 0 Å². The van der Waals surface area contributed by atoms with Crippen molar-refractivity contribution in [2.24, 2.45) is 0 Å². The van der Waals surface area contributed by atoms with E-state index < -0.39 is 0 Å². The molecule has 1 aromatic rings. The van der Waals surface area contributed by atoms with Gasteiger partial charge < -0.3 is 15.2 Å². The van der Waals surface area contributed by atoms with E-state index in [1.807, 2.05) is 19.1 Å². The van der Waals surface area contributed by atoms with E-state index in [4.69, 9.17) is 9.84 Å². The second-order valence-corrected chi connectivity index (χ2v) is 5.70. The van der Waals surface area contributed by atoms with Crippen LogP contribution in [-0.2, 0) is 6.54 Å². The molecule has 0 aliphatic rings. The van der Waals surface area contributed by atoms with Crippen molar-refractivity contribution in [2.75, 3.05) is 13.2 Å². The van der Waals surface area contributed by atoms with Gasteiger partial charge in [0.1, 0.15) is 5.75 Å². The summed E-state index contributed by atoms with van der Waals surface area (Å²) < 4.78 is 7.41. The van der Waals surface area contributed by atoms with Crippen molar-refractivity contribution in [3.05, 3.63) is 26.6 Å². The second-order valence-electron chi connectivity index (χ2n) is 3.99. The minimum atomic E-state index is 0.147. The Morgan fingerprint density at radius 1 is 1.28 bits per heavy atom. The first kappa shape index (κ1) is 16.0. The van der Waals surface area contributed by atoms with Gasteiger partial charge in [-0.1, -0.05) is 6.92 Å². The van der Waals surface area contributed by atoms with Gasteiger partial charge >= 0.3 is 0 Å². The summed E-state index contributed by atoms with van der Waals surface area (Å²) in [6.07, 6.45) is 0.913. The van der Waals surface area contributed by atoms with E-state index in [0.717, 1.165) is 33.2 Å². The molecule has 0 radical (unpaired) electrons. The van der Waals surface area contributed by atoms with E-state index in [9.17, 15) is 0 Å². The summed E-state index contributed by atoms with van der Waals surface area (Å²) in [6.45, 7) is 5.54. The van der Waals surface area contributed by atoms with Gasteiger partial charge in [-0.3, -0.25) is 0 Å². The van der Waals surface area contributed by atoms with E-state index in [2.05, 4.69) is 44.1 Å². The Hall–Kier alpha value is -0.100. The molecule has 0 heterocycles. The van der Waals surface area contributed by atoms with Crippen LogP contribution < -0.4 is 10.1 Å². The molecule has 3 nitrogen and oxygen atoms in total. The number of hydrogen-bond acceptors (Lipinski definition) is 3. The highest BCUT2D eigenvalue weighted by molar-refractivity contribution is 9.11. The van der Waals surface area contributed by atoms with Crippen LogP contribution in [0.2, 0.25) is 0 Å².